The van der Waals surface area contributed by atoms with Gasteiger partial charge in [0.15, 0.2) is 0 Å². The van der Waals surface area contributed by atoms with Gasteiger partial charge in [-0.3, -0.25) is 4.79 Å². The molecule has 1 unspecified atom stereocenters. The molecule has 1 N–H and O–H groups in total. The number of carbonyl (C=O) groups is 2. The van der Waals surface area contributed by atoms with Crippen molar-refractivity contribution in [1.29, 1.82) is 0 Å². The van der Waals surface area contributed by atoms with Gasteiger partial charge in [0.05, 0.1) is 10.7 Å². The van der Waals surface area contributed by atoms with Crippen LogP contribution in [0.1, 0.15) is 36.2 Å². The molecule has 5 nitrogen and oxygen atoms in total. The van der Waals surface area contributed by atoms with E-state index in [4.69, 9.17) is 4.74 Å². The lowest BCUT2D eigenvalue weighted by atomic mass is 10.1. The lowest BCUT2D eigenvalue weighted by Gasteiger charge is -2.13. The Balaban J connectivity index is 1.98. The van der Waals surface area contributed by atoms with Crippen LogP contribution in [0.5, 0.6) is 0 Å². The van der Waals surface area contributed by atoms with Crippen LogP contribution in [-0.4, -0.2) is 16.9 Å². The number of ether oxygens (including phenoxy) is 1. The van der Waals surface area contributed by atoms with E-state index in [0.717, 1.165) is 16.3 Å². The molecule has 1 aromatic heterocycles. The summed E-state index contributed by atoms with van der Waals surface area (Å²) < 4.78 is 5.36. The lowest BCUT2D eigenvalue weighted by Crippen LogP contribution is -2.08. The van der Waals surface area contributed by atoms with Gasteiger partial charge in [0.1, 0.15) is 6.10 Å². The molecule has 6 heteroatoms. The van der Waals surface area contributed by atoms with Gasteiger partial charge in [-0.25, -0.2) is 9.78 Å². The van der Waals surface area contributed by atoms with Crippen molar-refractivity contribution in [3.63, 3.8) is 0 Å². The number of nitrogens with zero attached hydrogens (tertiary/aromatic N) is 1. The summed E-state index contributed by atoms with van der Waals surface area (Å²) in [6.07, 6.45) is 2.58. The fraction of sp³-hybridized carbons (Fsp3) is 0.235. The third-order valence-electron chi connectivity index (χ3n) is 3.00. The Kier molecular flexibility index (Phi) is 5.65. The average molecular weight is 330 g/mol. The second-order valence-corrected chi connectivity index (χ2v) is 6.07. The first-order chi connectivity index (χ1) is 10.9. The molecule has 0 saturated carbocycles. The molecule has 1 aromatic carbocycles. The summed E-state index contributed by atoms with van der Waals surface area (Å²) in [4.78, 5) is 27.2. The van der Waals surface area contributed by atoms with Crippen LogP contribution in [0.2, 0.25) is 0 Å². The second kappa shape index (κ2) is 7.69. The lowest BCUT2D eigenvalue weighted by molar-refractivity contribution is -0.142. The minimum absolute atomic E-state index is 0.145. The van der Waals surface area contributed by atoms with Gasteiger partial charge in [0.25, 0.3) is 0 Å². The van der Waals surface area contributed by atoms with E-state index in [1.54, 1.807) is 31.2 Å². The summed E-state index contributed by atoms with van der Waals surface area (Å²) in [6, 6.07) is 7.21. The van der Waals surface area contributed by atoms with Crippen LogP contribution in [0, 0.1) is 6.92 Å². The molecule has 0 fully saturated rings. The number of amides is 1. The first kappa shape index (κ1) is 16.9. The highest BCUT2D eigenvalue weighted by molar-refractivity contribution is 7.09. The van der Waals surface area contributed by atoms with Crippen LogP contribution in [0.15, 0.2) is 35.7 Å². The number of thiazole rings is 1. The van der Waals surface area contributed by atoms with Crippen molar-refractivity contribution in [2.45, 2.75) is 26.9 Å². The van der Waals surface area contributed by atoms with Crippen molar-refractivity contribution < 1.29 is 14.3 Å². The molecule has 1 heterocycles. The Morgan fingerprint density at radius 2 is 2.17 bits per heavy atom. The molecule has 120 valence electrons. The third kappa shape index (κ3) is 5.34. The fourth-order valence-corrected chi connectivity index (χ4v) is 2.54. The van der Waals surface area contributed by atoms with Gasteiger partial charge in [0, 0.05) is 24.1 Å². The molecular weight excluding hydrogens is 312 g/mol. The van der Waals surface area contributed by atoms with E-state index in [9.17, 15) is 9.59 Å². The maximum atomic E-state index is 11.9. The molecule has 23 heavy (non-hydrogen) atoms. The molecule has 0 saturated heterocycles. The highest BCUT2D eigenvalue weighted by Gasteiger charge is 2.10. The van der Waals surface area contributed by atoms with Crippen LogP contribution in [-0.2, 0) is 14.3 Å². The quantitative estimate of drug-likeness (QED) is 0.670. The van der Waals surface area contributed by atoms with E-state index < -0.39 is 12.1 Å². The van der Waals surface area contributed by atoms with E-state index in [0.29, 0.717) is 5.69 Å². The molecule has 0 radical (unpaired) electrons. The van der Waals surface area contributed by atoms with Gasteiger partial charge in [-0.1, -0.05) is 12.1 Å². The number of nitrogens with one attached hydrogen (secondary N) is 1. The van der Waals surface area contributed by atoms with Gasteiger partial charge >= 0.3 is 5.97 Å². The Morgan fingerprint density at radius 1 is 1.39 bits per heavy atom. The Hall–Kier alpha value is -2.47. The summed E-state index contributed by atoms with van der Waals surface area (Å²) in [5, 5.41) is 5.52. The first-order valence-corrected chi connectivity index (χ1v) is 8.00. The standard InChI is InChI=1S/C17H18N2O3S/c1-11(14-5-4-6-15(9-14)18-12(2)20)22-17(21)8-7-16-10-23-13(3)19-16/h4-11H,1-3H3,(H,18,20). The van der Waals surface area contributed by atoms with Crippen molar-refractivity contribution in [2.24, 2.45) is 0 Å². The maximum absolute atomic E-state index is 11.9. The van der Waals surface area contributed by atoms with E-state index in [2.05, 4.69) is 10.3 Å². The maximum Gasteiger partial charge on any atom is 0.331 e. The van der Waals surface area contributed by atoms with Gasteiger partial charge in [-0.05, 0) is 37.6 Å². The Bertz CT molecular complexity index is 737. The van der Waals surface area contributed by atoms with Crippen molar-refractivity contribution in [2.75, 3.05) is 5.32 Å². The Labute approximate surface area is 139 Å². The second-order valence-electron chi connectivity index (χ2n) is 5.01. The summed E-state index contributed by atoms with van der Waals surface area (Å²) in [5.41, 5.74) is 2.22. The number of rotatable bonds is 5. The zero-order chi connectivity index (χ0) is 16.8. The Morgan fingerprint density at radius 3 is 2.83 bits per heavy atom. The van der Waals surface area contributed by atoms with Crippen LogP contribution in [0.3, 0.4) is 0 Å². The van der Waals surface area contributed by atoms with Crippen molar-refractivity contribution in [3.05, 3.63) is 52.0 Å². The molecule has 2 rings (SSSR count). The summed E-state index contributed by atoms with van der Waals surface area (Å²) in [5.74, 6) is -0.582. The number of hydrogen-bond donors (Lipinski definition) is 1. The first-order valence-electron chi connectivity index (χ1n) is 7.12. The van der Waals surface area contributed by atoms with Crippen molar-refractivity contribution >= 4 is 35.0 Å². The van der Waals surface area contributed by atoms with Gasteiger partial charge < -0.3 is 10.1 Å². The molecule has 0 spiro atoms. The zero-order valence-corrected chi connectivity index (χ0v) is 14.0. The summed E-state index contributed by atoms with van der Waals surface area (Å²) in [6.45, 7) is 5.14. The topological polar surface area (TPSA) is 68.3 Å². The molecule has 0 aliphatic rings. The number of esters is 1. The zero-order valence-electron chi connectivity index (χ0n) is 13.2. The number of aryl methyl sites for hydroxylation is 1. The predicted octanol–water partition coefficient (Wildman–Crippen LogP) is 3.73. The largest absolute Gasteiger partial charge is 0.455 e. The SMILES string of the molecule is CC(=O)Nc1cccc(C(C)OC(=O)C=Cc2csc(C)n2)c1. The number of carbonyl (C=O) groups excluding carboxylic acids is 2. The fourth-order valence-electron chi connectivity index (χ4n) is 1.96. The monoisotopic (exact) mass is 330 g/mol. The average Bonchev–Trinajstić information content (AvgIpc) is 2.90. The highest BCUT2D eigenvalue weighted by Crippen LogP contribution is 2.21. The molecule has 1 amide bonds. The molecule has 2 aromatic rings. The summed E-state index contributed by atoms with van der Waals surface area (Å²) >= 11 is 1.52. The van der Waals surface area contributed by atoms with Crippen LogP contribution in [0.25, 0.3) is 6.08 Å². The van der Waals surface area contributed by atoms with Gasteiger partial charge in [-0.2, -0.15) is 0 Å². The third-order valence-corrected chi connectivity index (χ3v) is 3.79. The van der Waals surface area contributed by atoms with Gasteiger partial charge in [-0.15, -0.1) is 11.3 Å². The minimum Gasteiger partial charge on any atom is -0.455 e. The smallest absolute Gasteiger partial charge is 0.331 e. The number of benzene rings is 1. The van der Waals surface area contributed by atoms with Gasteiger partial charge in [0.2, 0.25) is 5.91 Å². The minimum atomic E-state index is -0.437. The van der Waals surface area contributed by atoms with Crippen molar-refractivity contribution in [1.82, 2.24) is 4.98 Å². The highest BCUT2D eigenvalue weighted by atomic mass is 32.1. The number of hydrogen-bond acceptors (Lipinski definition) is 5. The molecule has 0 aliphatic carbocycles. The molecule has 0 bridgehead atoms. The van der Waals surface area contributed by atoms with E-state index in [1.165, 1.54) is 24.3 Å². The predicted molar refractivity (Wildman–Crippen MR) is 91.1 cm³/mol. The van der Waals surface area contributed by atoms with E-state index >= 15 is 0 Å². The van der Waals surface area contributed by atoms with Crippen LogP contribution < -0.4 is 5.32 Å². The van der Waals surface area contributed by atoms with E-state index in [1.807, 2.05) is 18.4 Å². The number of anilines is 1. The molecule has 0 aliphatic heterocycles. The molecule has 1 atom stereocenters. The van der Waals surface area contributed by atoms with Crippen molar-refractivity contribution in [3.8, 4) is 0 Å². The number of aromatic nitrogens is 1. The van der Waals surface area contributed by atoms with Crippen LogP contribution in [0.4, 0.5) is 5.69 Å². The molecular formula is C17H18N2O3S. The van der Waals surface area contributed by atoms with E-state index in [-0.39, 0.29) is 5.91 Å². The summed E-state index contributed by atoms with van der Waals surface area (Å²) in [7, 11) is 0. The normalized spacial score (nSPS) is 12.1. The van der Waals surface area contributed by atoms with Crippen LogP contribution >= 0.6 is 11.3 Å².